The van der Waals surface area contributed by atoms with Crippen molar-refractivity contribution in [2.24, 2.45) is 5.92 Å². The quantitative estimate of drug-likeness (QED) is 0.533. The second-order valence-corrected chi connectivity index (χ2v) is 5.33. The summed E-state index contributed by atoms with van der Waals surface area (Å²) in [4.78, 5) is 13.5. The second kappa shape index (κ2) is 8.30. The lowest BCUT2D eigenvalue weighted by atomic mass is 9.88. The molecule has 0 saturated carbocycles. The van der Waals surface area contributed by atoms with E-state index < -0.39 is 5.97 Å². The van der Waals surface area contributed by atoms with Gasteiger partial charge in [-0.25, -0.2) is 0 Å². The van der Waals surface area contributed by atoms with E-state index >= 15 is 0 Å². The maximum Gasteiger partial charge on any atom is 0.320 e. The molecular formula is C15H27NO2. The zero-order chi connectivity index (χ0) is 13.4. The Morgan fingerprint density at radius 1 is 1.44 bits per heavy atom. The molecular weight excluding hydrogens is 226 g/mol. The Bertz CT molecular complexity index is 265. The summed E-state index contributed by atoms with van der Waals surface area (Å²) >= 11 is 0. The van der Waals surface area contributed by atoms with Crippen LogP contribution >= 0.6 is 0 Å². The van der Waals surface area contributed by atoms with E-state index in [1.807, 2.05) is 6.08 Å². The van der Waals surface area contributed by atoms with E-state index in [1.165, 1.54) is 12.8 Å². The molecule has 0 bridgehead atoms. The van der Waals surface area contributed by atoms with Gasteiger partial charge in [-0.3, -0.25) is 9.69 Å². The van der Waals surface area contributed by atoms with Gasteiger partial charge in [0.25, 0.3) is 0 Å². The summed E-state index contributed by atoms with van der Waals surface area (Å²) < 4.78 is 0. The lowest BCUT2D eigenvalue weighted by molar-refractivity contribution is -0.145. The van der Waals surface area contributed by atoms with Gasteiger partial charge in [-0.15, -0.1) is 6.58 Å². The number of rotatable bonds is 8. The van der Waals surface area contributed by atoms with Crippen LogP contribution in [0.4, 0.5) is 0 Å². The van der Waals surface area contributed by atoms with E-state index in [-0.39, 0.29) is 6.04 Å². The third-order valence-electron chi connectivity index (χ3n) is 4.04. The summed E-state index contributed by atoms with van der Waals surface area (Å²) in [5.41, 5.74) is 0. The van der Waals surface area contributed by atoms with E-state index in [4.69, 9.17) is 0 Å². The van der Waals surface area contributed by atoms with Gasteiger partial charge in [0.1, 0.15) is 6.04 Å². The summed E-state index contributed by atoms with van der Waals surface area (Å²) in [7, 11) is 0. The number of carboxylic acids is 1. The van der Waals surface area contributed by atoms with Crippen molar-refractivity contribution in [3.8, 4) is 0 Å². The lowest BCUT2D eigenvalue weighted by Crippen LogP contribution is -2.47. The molecule has 1 heterocycles. The van der Waals surface area contributed by atoms with Gasteiger partial charge in [0.05, 0.1) is 0 Å². The fraction of sp³-hybridized carbons (Fsp3) is 0.800. The van der Waals surface area contributed by atoms with Crippen molar-refractivity contribution in [1.82, 2.24) is 4.90 Å². The molecule has 0 aromatic carbocycles. The van der Waals surface area contributed by atoms with Gasteiger partial charge >= 0.3 is 5.97 Å². The minimum Gasteiger partial charge on any atom is -0.480 e. The molecule has 1 fully saturated rings. The van der Waals surface area contributed by atoms with E-state index in [0.717, 1.165) is 45.2 Å². The molecule has 1 saturated heterocycles. The first-order valence-corrected chi connectivity index (χ1v) is 7.26. The fourth-order valence-corrected chi connectivity index (χ4v) is 2.76. The summed E-state index contributed by atoms with van der Waals surface area (Å²) in [6, 6.07) is -0.247. The van der Waals surface area contributed by atoms with Crippen LogP contribution in [0, 0.1) is 5.92 Å². The van der Waals surface area contributed by atoms with Crippen LogP contribution in [0.15, 0.2) is 12.7 Å². The predicted molar refractivity (Wildman–Crippen MR) is 74.7 cm³/mol. The number of unbranched alkanes of at least 4 members (excludes halogenated alkanes) is 3. The molecule has 0 radical (unpaired) electrons. The average Bonchev–Trinajstić information content (AvgIpc) is 2.38. The zero-order valence-electron chi connectivity index (χ0n) is 11.6. The number of allylic oxidation sites excluding steroid dienone is 1. The van der Waals surface area contributed by atoms with Crippen LogP contribution in [0.2, 0.25) is 0 Å². The monoisotopic (exact) mass is 253 g/mol. The van der Waals surface area contributed by atoms with Gasteiger partial charge in [-0.2, -0.15) is 0 Å². The van der Waals surface area contributed by atoms with Crippen molar-refractivity contribution in [1.29, 1.82) is 0 Å². The van der Waals surface area contributed by atoms with Crippen molar-refractivity contribution in [2.45, 2.75) is 57.9 Å². The fourth-order valence-electron chi connectivity index (χ4n) is 2.76. The summed E-state index contributed by atoms with van der Waals surface area (Å²) in [6.45, 7) is 7.76. The third kappa shape index (κ3) is 4.81. The molecule has 1 rings (SSSR count). The zero-order valence-corrected chi connectivity index (χ0v) is 11.6. The SMILES string of the molecule is C=CCCCCCN1CCC(CC)CC1C(=O)O. The molecule has 3 nitrogen and oxygen atoms in total. The van der Waals surface area contributed by atoms with Crippen molar-refractivity contribution >= 4 is 5.97 Å². The molecule has 18 heavy (non-hydrogen) atoms. The Kier molecular flexibility index (Phi) is 7.02. The van der Waals surface area contributed by atoms with Crippen LogP contribution < -0.4 is 0 Å². The molecule has 0 amide bonds. The van der Waals surface area contributed by atoms with Crippen molar-refractivity contribution in [2.75, 3.05) is 13.1 Å². The predicted octanol–water partition coefficient (Wildman–Crippen LogP) is 3.31. The number of likely N-dealkylation sites (tertiary alicyclic amines) is 1. The van der Waals surface area contributed by atoms with E-state index in [1.54, 1.807) is 0 Å². The molecule has 0 aromatic rings. The van der Waals surface area contributed by atoms with Crippen LogP contribution in [0.25, 0.3) is 0 Å². The molecule has 1 aliphatic rings. The first-order valence-electron chi connectivity index (χ1n) is 7.26. The maximum absolute atomic E-state index is 11.3. The van der Waals surface area contributed by atoms with Crippen LogP contribution in [-0.2, 0) is 4.79 Å². The highest BCUT2D eigenvalue weighted by molar-refractivity contribution is 5.73. The normalized spacial score (nSPS) is 24.9. The third-order valence-corrected chi connectivity index (χ3v) is 4.04. The van der Waals surface area contributed by atoms with Gasteiger partial charge in [-0.05, 0) is 51.1 Å². The highest BCUT2D eigenvalue weighted by Crippen LogP contribution is 2.25. The Morgan fingerprint density at radius 2 is 2.22 bits per heavy atom. The molecule has 1 N–H and O–H groups in total. The molecule has 0 spiro atoms. The Balaban J connectivity index is 2.33. The summed E-state index contributed by atoms with van der Waals surface area (Å²) in [5, 5.41) is 9.31. The molecule has 2 atom stereocenters. The Labute approximate surface area is 111 Å². The van der Waals surface area contributed by atoms with Crippen molar-refractivity contribution < 1.29 is 9.90 Å². The number of piperidine rings is 1. The first kappa shape index (κ1) is 15.2. The van der Waals surface area contributed by atoms with Gasteiger partial charge in [0, 0.05) is 0 Å². The topological polar surface area (TPSA) is 40.5 Å². The van der Waals surface area contributed by atoms with Gasteiger partial charge < -0.3 is 5.11 Å². The van der Waals surface area contributed by atoms with Gasteiger partial charge in [0.2, 0.25) is 0 Å². The maximum atomic E-state index is 11.3. The van der Waals surface area contributed by atoms with Crippen molar-refractivity contribution in [3.63, 3.8) is 0 Å². The first-order chi connectivity index (χ1) is 8.69. The molecule has 104 valence electrons. The van der Waals surface area contributed by atoms with E-state index in [0.29, 0.717) is 5.92 Å². The van der Waals surface area contributed by atoms with E-state index in [9.17, 15) is 9.90 Å². The van der Waals surface area contributed by atoms with Crippen LogP contribution in [0.1, 0.15) is 51.9 Å². The molecule has 2 unspecified atom stereocenters. The Hall–Kier alpha value is -0.830. The molecule has 0 aromatic heterocycles. The number of carboxylic acid groups (broad SMARTS) is 1. The molecule has 0 aliphatic carbocycles. The van der Waals surface area contributed by atoms with Crippen LogP contribution in [0.3, 0.4) is 0 Å². The summed E-state index contributed by atoms with van der Waals surface area (Å²) in [6.07, 6.45) is 9.57. The highest BCUT2D eigenvalue weighted by atomic mass is 16.4. The second-order valence-electron chi connectivity index (χ2n) is 5.33. The minimum absolute atomic E-state index is 0.247. The van der Waals surface area contributed by atoms with Crippen molar-refractivity contribution in [3.05, 3.63) is 12.7 Å². The van der Waals surface area contributed by atoms with E-state index in [2.05, 4.69) is 18.4 Å². The number of carbonyl (C=O) groups is 1. The van der Waals surface area contributed by atoms with Crippen LogP contribution in [0.5, 0.6) is 0 Å². The summed E-state index contributed by atoms with van der Waals surface area (Å²) in [5.74, 6) is -0.0395. The lowest BCUT2D eigenvalue weighted by Gasteiger charge is -2.36. The number of hydrogen-bond donors (Lipinski definition) is 1. The van der Waals surface area contributed by atoms with Gasteiger partial charge in [-0.1, -0.05) is 25.8 Å². The number of aliphatic carboxylic acids is 1. The van der Waals surface area contributed by atoms with Crippen LogP contribution in [-0.4, -0.2) is 35.1 Å². The number of hydrogen-bond acceptors (Lipinski definition) is 2. The highest BCUT2D eigenvalue weighted by Gasteiger charge is 2.31. The standard InChI is InChI=1S/C15H27NO2/c1-3-5-6-7-8-10-16-11-9-13(4-2)12-14(16)15(17)18/h3,13-14H,1,4-12H2,2H3,(H,17,18). The largest absolute Gasteiger partial charge is 0.480 e. The smallest absolute Gasteiger partial charge is 0.320 e. The average molecular weight is 253 g/mol. The van der Waals surface area contributed by atoms with Gasteiger partial charge in [0.15, 0.2) is 0 Å². The molecule has 3 heteroatoms. The molecule has 1 aliphatic heterocycles. The number of nitrogens with zero attached hydrogens (tertiary/aromatic N) is 1. The Morgan fingerprint density at radius 3 is 2.83 bits per heavy atom. The minimum atomic E-state index is -0.640.